The largest absolute Gasteiger partial charge is 0.457 e. The fourth-order valence-corrected chi connectivity index (χ4v) is 3.48. The van der Waals surface area contributed by atoms with E-state index in [0.29, 0.717) is 5.92 Å². The van der Waals surface area contributed by atoms with E-state index in [0.717, 1.165) is 35.6 Å². The lowest BCUT2D eigenvalue weighted by Gasteiger charge is -2.28. The van der Waals surface area contributed by atoms with Gasteiger partial charge in [0.25, 0.3) is 0 Å². The number of hydrogen-bond donors (Lipinski definition) is 1. The molecule has 1 unspecified atom stereocenters. The maximum Gasteiger partial charge on any atom is 0.232 e. The molecule has 0 fully saturated rings. The molecule has 3 heteroatoms. The van der Waals surface area contributed by atoms with Crippen molar-refractivity contribution in [2.75, 3.05) is 6.54 Å². The first-order valence-corrected chi connectivity index (χ1v) is 9.38. The molecule has 2 aromatic carbocycles. The molecule has 0 radical (unpaired) electrons. The van der Waals surface area contributed by atoms with E-state index in [1.807, 2.05) is 48.5 Å². The van der Waals surface area contributed by atoms with Crippen molar-refractivity contribution in [1.82, 2.24) is 5.32 Å². The summed E-state index contributed by atoms with van der Waals surface area (Å²) in [5.41, 5.74) is 1.89. The van der Waals surface area contributed by atoms with Crippen LogP contribution in [0.1, 0.15) is 56.6 Å². The van der Waals surface area contributed by atoms with Gasteiger partial charge in [0.05, 0.1) is 5.92 Å². The highest BCUT2D eigenvalue weighted by atomic mass is 16.5. The Kier molecular flexibility index (Phi) is 5.75. The second-order valence-corrected chi connectivity index (χ2v) is 6.77. The maximum atomic E-state index is 13.1. The number of unbranched alkanes of at least 4 members (excludes halogenated alkanes) is 1. The fraction of sp³-hybridized carbons (Fsp3) is 0.409. The quantitative estimate of drug-likeness (QED) is 0.748. The number of benzene rings is 2. The van der Waals surface area contributed by atoms with E-state index >= 15 is 0 Å². The minimum Gasteiger partial charge on any atom is -0.457 e. The number of amides is 1. The summed E-state index contributed by atoms with van der Waals surface area (Å²) in [5.74, 6) is 1.87. The lowest BCUT2D eigenvalue weighted by atomic mass is 9.87. The van der Waals surface area contributed by atoms with Crippen molar-refractivity contribution in [3.8, 4) is 11.5 Å². The van der Waals surface area contributed by atoms with Crippen LogP contribution in [-0.4, -0.2) is 12.5 Å². The number of para-hydroxylation sites is 2. The van der Waals surface area contributed by atoms with Crippen LogP contribution in [0.2, 0.25) is 0 Å². The van der Waals surface area contributed by atoms with Crippen molar-refractivity contribution in [3.05, 3.63) is 59.7 Å². The van der Waals surface area contributed by atoms with Gasteiger partial charge in [0.2, 0.25) is 5.91 Å². The highest BCUT2D eigenvalue weighted by Crippen LogP contribution is 2.43. The number of carbonyl (C=O) groups excluding carboxylic acids is 1. The van der Waals surface area contributed by atoms with Crippen LogP contribution < -0.4 is 10.1 Å². The van der Waals surface area contributed by atoms with Crippen molar-refractivity contribution < 1.29 is 9.53 Å². The lowest BCUT2D eigenvalue weighted by Crippen LogP contribution is -2.34. The highest BCUT2D eigenvalue weighted by molar-refractivity contribution is 5.89. The molecule has 1 amide bonds. The summed E-state index contributed by atoms with van der Waals surface area (Å²) in [5, 5.41) is 3.20. The minimum absolute atomic E-state index is 0.0677. The van der Waals surface area contributed by atoms with E-state index in [1.54, 1.807) is 0 Å². The monoisotopic (exact) mass is 337 g/mol. The summed E-state index contributed by atoms with van der Waals surface area (Å²) in [6, 6.07) is 15.7. The van der Waals surface area contributed by atoms with Crippen molar-refractivity contribution >= 4 is 5.91 Å². The Bertz CT molecular complexity index is 680. The molecule has 1 aliphatic heterocycles. The predicted octanol–water partition coefficient (Wildman–Crippen LogP) is 5.26. The van der Waals surface area contributed by atoms with Crippen LogP contribution in [0.4, 0.5) is 0 Å². The van der Waals surface area contributed by atoms with E-state index in [4.69, 9.17) is 4.74 Å². The van der Waals surface area contributed by atoms with Crippen molar-refractivity contribution in [3.63, 3.8) is 0 Å². The van der Waals surface area contributed by atoms with E-state index in [2.05, 4.69) is 19.2 Å². The number of rotatable bonds is 7. The van der Waals surface area contributed by atoms with Crippen LogP contribution in [0, 0.1) is 5.92 Å². The van der Waals surface area contributed by atoms with Crippen LogP contribution in [0.3, 0.4) is 0 Å². The van der Waals surface area contributed by atoms with Gasteiger partial charge in [-0.3, -0.25) is 4.79 Å². The summed E-state index contributed by atoms with van der Waals surface area (Å²) in [6.45, 7) is 5.16. The number of ether oxygens (including phenoxy) is 1. The fourth-order valence-electron chi connectivity index (χ4n) is 3.48. The molecule has 0 aliphatic carbocycles. The van der Waals surface area contributed by atoms with Crippen LogP contribution in [-0.2, 0) is 4.79 Å². The first-order chi connectivity index (χ1) is 12.2. The predicted molar refractivity (Wildman–Crippen MR) is 101 cm³/mol. The average Bonchev–Trinajstić information content (AvgIpc) is 2.66. The zero-order valence-electron chi connectivity index (χ0n) is 15.1. The summed E-state index contributed by atoms with van der Waals surface area (Å²) in [4.78, 5) is 13.1. The van der Waals surface area contributed by atoms with Crippen molar-refractivity contribution in [1.29, 1.82) is 0 Å². The van der Waals surface area contributed by atoms with Gasteiger partial charge in [0, 0.05) is 17.7 Å². The zero-order valence-corrected chi connectivity index (χ0v) is 15.1. The van der Waals surface area contributed by atoms with Gasteiger partial charge in [-0.05, 0) is 24.5 Å². The molecule has 25 heavy (non-hydrogen) atoms. The second kappa shape index (κ2) is 8.19. The Labute approximate surface area is 150 Å². The molecule has 1 atom stereocenters. The van der Waals surface area contributed by atoms with Gasteiger partial charge in [0.15, 0.2) is 0 Å². The summed E-state index contributed by atoms with van der Waals surface area (Å²) >= 11 is 0. The Morgan fingerprint density at radius 2 is 1.64 bits per heavy atom. The van der Waals surface area contributed by atoms with Gasteiger partial charge < -0.3 is 10.1 Å². The number of nitrogens with one attached hydrogen (secondary N) is 1. The summed E-state index contributed by atoms with van der Waals surface area (Å²) in [6.07, 6.45) is 4.69. The molecular weight excluding hydrogens is 310 g/mol. The summed E-state index contributed by atoms with van der Waals surface area (Å²) in [7, 11) is 0. The third-order valence-corrected chi connectivity index (χ3v) is 5.05. The van der Waals surface area contributed by atoms with Gasteiger partial charge in [-0.15, -0.1) is 0 Å². The molecule has 1 aliphatic rings. The molecule has 1 heterocycles. The summed E-state index contributed by atoms with van der Waals surface area (Å²) < 4.78 is 5.98. The van der Waals surface area contributed by atoms with E-state index in [1.165, 1.54) is 19.3 Å². The lowest BCUT2D eigenvalue weighted by molar-refractivity contribution is -0.122. The normalized spacial score (nSPS) is 14.2. The van der Waals surface area contributed by atoms with Crippen molar-refractivity contribution in [2.45, 2.75) is 45.4 Å². The SMILES string of the molecule is CCCCC(CC)CNC(=O)C1c2ccccc2Oc2ccccc21. The number of hydrogen-bond acceptors (Lipinski definition) is 2. The van der Waals surface area contributed by atoms with Crippen LogP contribution in [0.5, 0.6) is 11.5 Å². The average molecular weight is 337 g/mol. The van der Waals surface area contributed by atoms with Crippen LogP contribution >= 0.6 is 0 Å². The molecule has 3 rings (SSSR count). The zero-order chi connectivity index (χ0) is 17.6. The topological polar surface area (TPSA) is 38.3 Å². The van der Waals surface area contributed by atoms with Crippen LogP contribution in [0.25, 0.3) is 0 Å². The van der Waals surface area contributed by atoms with Crippen LogP contribution in [0.15, 0.2) is 48.5 Å². The molecule has 3 nitrogen and oxygen atoms in total. The number of carbonyl (C=O) groups is 1. The van der Waals surface area contributed by atoms with E-state index in [-0.39, 0.29) is 11.8 Å². The molecule has 2 aromatic rings. The minimum atomic E-state index is -0.301. The van der Waals surface area contributed by atoms with Gasteiger partial charge in [-0.25, -0.2) is 0 Å². The molecule has 0 saturated heterocycles. The molecule has 1 N–H and O–H groups in total. The molecule has 0 saturated carbocycles. The third kappa shape index (κ3) is 3.87. The second-order valence-electron chi connectivity index (χ2n) is 6.77. The third-order valence-electron chi connectivity index (χ3n) is 5.05. The Morgan fingerprint density at radius 3 is 2.20 bits per heavy atom. The molecular formula is C22H27NO2. The first-order valence-electron chi connectivity index (χ1n) is 9.38. The van der Waals surface area contributed by atoms with Gasteiger partial charge in [0.1, 0.15) is 11.5 Å². The number of fused-ring (bicyclic) bond motifs is 2. The molecule has 0 bridgehead atoms. The van der Waals surface area contributed by atoms with Crippen molar-refractivity contribution in [2.24, 2.45) is 5.92 Å². The Hall–Kier alpha value is -2.29. The highest BCUT2D eigenvalue weighted by Gasteiger charge is 2.32. The Balaban J connectivity index is 1.80. The Morgan fingerprint density at radius 1 is 1.04 bits per heavy atom. The molecule has 0 aromatic heterocycles. The maximum absolute atomic E-state index is 13.1. The molecule has 132 valence electrons. The van der Waals surface area contributed by atoms with Gasteiger partial charge in [-0.2, -0.15) is 0 Å². The van der Waals surface area contributed by atoms with Gasteiger partial charge >= 0.3 is 0 Å². The standard InChI is InChI=1S/C22H27NO2/c1-3-5-10-16(4-2)15-23-22(24)21-17-11-6-8-13-19(17)25-20-14-9-7-12-18(20)21/h6-9,11-14,16,21H,3-5,10,15H2,1-2H3,(H,23,24). The molecule has 0 spiro atoms. The first kappa shape index (κ1) is 17.5. The smallest absolute Gasteiger partial charge is 0.232 e. The van der Waals surface area contributed by atoms with E-state index in [9.17, 15) is 4.79 Å². The van der Waals surface area contributed by atoms with Gasteiger partial charge in [-0.1, -0.05) is 69.5 Å². The van der Waals surface area contributed by atoms with E-state index < -0.39 is 0 Å².